The van der Waals surface area contributed by atoms with E-state index < -0.39 is 0 Å². The van der Waals surface area contributed by atoms with Crippen LogP contribution in [0.2, 0.25) is 0 Å². The molecule has 0 saturated carbocycles. The predicted octanol–water partition coefficient (Wildman–Crippen LogP) is 2.79. The van der Waals surface area contributed by atoms with Crippen LogP contribution in [0.4, 0.5) is 0 Å². The van der Waals surface area contributed by atoms with Gasteiger partial charge in [-0.05, 0) is 36.8 Å². The van der Waals surface area contributed by atoms with Crippen molar-refractivity contribution >= 4 is 5.91 Å². The maximum absolute atomic E-state index is 12.1. The Morgan fingerprint density at radius 1 is 1.25 bits per heavy atom. The van der Waals surface area contributed by atoms with Crippen molar-refractivity contribution in [2.24, 2.45) is 0 Å². The third-order valence-electron chi connectivity index (χ3n) is 3.97. The zero-order valence-corrected chi connectivity index (χ0v) is 15.8. The monoisotopic (exact) mass is 382 g/mol. The number of carbonyl (C=O) groups excluding carboxylic acids is 1. The molecule has 28 heavy (non-hydrogen) atoms. The zero-order valence-electron chi connectivity index (χ0n) is 15.8. The summed E-state index contributed by atoms with van der Waals surface area (Å²) in [6.45, 7) is 2.87. The number of amides is 1. The summed E-state index contributed by atoms with van der Waals surface area (Å²) < 4.78 is 16.0. The molecule has 0 bridgehead atoms. The summed E-state index contributed by atoms with van der Waals surface area (Å²) in [4.78, 5) is 20.4. The molecule has 0 fully saturated rings. The van der Waals surface area contributed by atoms with Gasteiger partial charge in [0.15, 0.2) is 11.5 Å². The summed E-state index contributed by atoms with van der Waals surface area (Å²) in [5, 5.41) is 6.79. The highest BCUT2D eigenvalue weighted by molar-refractivity contribution is 5.76. The van der Waals surface area contributed by atoms with Crippen LogP contribution < -0.4 is 14.8 Å². The maximum atomic E-state index is 12.1. The molecule has 146 valence electrons. The number of pyridine rings is 1. The molecule has 2 aromatic heterocycles. The number of hydrogen-bond acceptors (Lipinski definition) is 7. The molecule has 0 aliphatic rings. The molecule has 0 unspecified atom stereocenters. The normalized spacial score (nSPS) is 10.5. The number of methoxy groups -OCH3 is 1. The quantitative estimate of drug-likeness (QED) is 0.607. The van der Waals surface area contributed by atoms with Crippen molar-refractivity contribution in [3.8, 4) is 22.9 Å². The smallest absolute Gasteiger partial charge is 0.227 e. The van der Waals surface area contributed by atoms with Gasteiger partial charge in [0, 0.05) is 37.3 Å². The summed E-state index contributed by atoms with van der Waals surface area (Å²) in [6.07, 6.45) is 3.95. The number of carbonyl (C=O) groups is 1. The van der Waals surface area contributed by atoms with E-state index in [1.165, 1.54) is 0 Å². The van der Waals surface area contributed by atoms with Crippen molar-refractivity contribution in [1.29, 1.82) is 0 Å². The third-order valence-corrected chi connectivity index (χ3v) is 3.97. The van der Waals surface area contributed by atoms with Crippen molar-refractivity contribution in [2.45, 2.75) is 26.3 Å². The molecule has 1 N–H and O–H groups in total. The van der Waals surface area contributed by atoms with Gasteiger partial charge in [0.1, 0.15) is 0 Å². The SMILES string of the molecule is CCOc1ccc(CNC(=O)CCc2nc(-c3cccnc3)no2)cc1OC. The first-order valence-electron chi connectivity index (χ1n) is 8.99. The topological polar surface area (TPSA) is 99.4 Å². The second kappa shape index (κ2) is 9.50. The molecule has 0 radical (unpaired) electrons. The Bertz CT molecular complexity index is 912. The fourth-order valence-electron chi connectivity index (χ4n) is 2.57. The van der Waals surface area contributed by atoms with Crippen LogP contribution >= 0.6 is 0 Å². The predicted molar refractivity (Wildman–Crippen MR) is 102 cm³/mol. The van der Waals surface area contributed by atoms with Crippen LogP contribution in [0.15, 0.2) is 47.2 Å². The lowest BCUT2D eigenvalue weighted by Crippen LogP contribution is -2.23. The Morgan fingerprint density at radius 3 is 2.89 bits per heavy atom. The zero-order chi connectivity index (χ0) is 19.8. The molecule has 0 aliphatic carbocycles. The highest BCUT2D eigenvalue weighted by Gasteiger charge is 2.11. The van der Waals surface area contributed by atoms with E-state index in [0.717, 1.165) is 11.1 Å². The lowest BCUT2D eigenvalue weighted by atomic mass is 10.2. The molecule has 2 heterocycles. The van der Waals surface area contributed by atoms with Gasteiger partial charge in [-0.2, -0.15) is 4.98 Å². The molecule has 0 atom stereocenters. The largest absolute Gasteiger partial charge is 0.493 e. The number of aryl methyl sites for hydroxylation is 1. The molecule has 0 saturated heterocycles. The molecule has 3 rings (SSSR count). The van der Waals surface area contributed by atoms with Crippen molar-refractivity contribution in [3.05, 3.63) is 54.2 Å². The molecule has 0 aliphatic heterocycles. The molecule has 1 amide bonds. The molecule has 1 aromatic carbocycles. The van der Waals surface area contributed by atoms with E-state index in [1.54, 1.807) is 25.6 Å². The molecule has 8 heteroatoms. The number of hydrogen-bond donors (Lipinski definition) is 1. The maximum Gasteiger partial charge on any atom is 0.227 e. The average molecular weight is 382 g/mol. The van der Waals surface area contributed by atoms with E-state index >= 15 is 0 Å². The van der Waals surface area contributed by atoms with Crippen molar-refractivity contribution in [3.63, 3.8) is 0 Å². The van der Waals surface area contributed by atoms with Gasteiger partial charge in [0.25, 0.3) is 0 Å². The van der Waals surface area contributed by atoms with Gasteiger partial charge < -0.3 is 19.3 Å². The van der Waals surface area contributed by atoms with Crippen molar-refractivity contribution in [2.75, 3.05) is 13.7 Å². The van der Waals surface area contributed by atoms with Gasteiger partial charge in [-0.1, -0.05) is 11.2 Å². The Balaban J connectivity index is 1.49. The highest BCUT2D eigenvalue weighted by Crippen LogP contribution is 2.28. The molecule has 8 nitrogen and oxygen atoms in total. The first kappa shape index (κ1) is 19.3. The summed E-state index contributed by atoms with van der Waals surface area (Å²) in [7, 11) is 1.59. The Hall–Kier alpha value is -3.42. The van der Waals surface area contributed by atoms with Crippen LogP contribution in [-0.2, 0) is 17.8 Å². The fraction of sp³-hybridized carbons (Fsp3) is 0.300. The Morgan fingerprint density at radius 2 is 2.14 bits per heavy atom. The minimum atomic E-state index is -0.103. The van der Waals surface area contributed by atoms with E-state index in [9.17, 15) is 4.79 Å². The molecular formula is C20H22N4O4. The number of ether oxygens (including phenoxy) is 2. The van der Waals surface area contributed by atoms with Crippen LogP contribution in [-0.4, -0.2) is 34.7 Å². The number of aromatic nitrogens is 3. The number of nitrogens with zero attached hydrogens (tertiary/aromatic N) is 3. The number of rotatable bonds is 9. The fourth-order valence-corrected chi connectivity index (χ4v) is 2.57. The van der Waals surface area contributed by atoms with Crippen molar-refractivity contribution < 1.29 is 18.8 Å². The van der Waals surface area contributed by atoms with E-state index in [0.29, 0.717) is 42.8 Å². The summed E-state index contributed by atoms with van der Waals surface area (Å²) in [5.74, 6) is 2.10. The van der Waals surface area contributed by atoms with Crippen LogP contribution in [0.1, 0.15) is 24.8 Å². The standard InChI is InChI=1S/C20H22N4O4/c1-3-27-16-7-6-14(11-17(16)26-2)12-22-18(25)8-9-19-23-20(24-28-19)15-5-4-10-21-13-15/h4-7,10-11,13H,3,8-9,12H2,1-2H3,(H,22,25). The van der Waals surface area contributed by atoms with E-state index in [-0.39, 0.29) is 12.3 Å². The number of nitrogens with one attached hydrogen (secondary N) is 1. The Kier molecular flexibility index (Phi) is 6.56. The molecule has 0 spiro atoms. The highest BCUT2D eigenvalue weighted by atomic mass is 16.5. The second-order valence-corrected chi connectivity index (χ2v) is 5.95. The third kappa shape index (κ3) is 5.06. The summed E-state index contributed by atoms with van der Waals surface area (Å²) >= 11 is 0. The van der Waals surface area contributed by atoms with E-state index in [2.05, 4.69) is 20.4 Å². The minimum Gasteiger partial charge on any atom is -0.493 e. The Labute approximate surface area is 162 Å². The van der Waals surface area contributed by atoms with Crippen LogP contribution in [0.3, 0.4) is 0 Å². The van der Waals surface area contributed by atoms with Gasteiger partial charge in [-0.15, -0.1) is 0 Å². The van der Waals surface area contributed by atoms with Gasteiger partial charge in [0.2, 0.25) is 17.6 Å². The minimum absolute atomic E-state index is 0.103. The van der Waals surface area contributed by atoms with Gasteiger partial charge in [-0.3, -0.25) is 9.78 Å². The second-order valence-electron chi connectivity index (χ2n) is 5.95. The number of benzene rings is 1. The lowest BCUT2D eigenvalue weighted by Gasteiger charge is -2.11. The average Bonchev–Trinajstić information content (AvgIpc) is 3.21. The van der Waals surface area contributed by atoms with Crippen LogP contribution in [0.25, 0.3) is 11.4 Å². The molecular weight excluding hydrogens is 360 g/mol. The molecule has 3 aromatic rings. The van der Waals surface area contributed by atoms with Crippen molar-refractivity contribution in [1.82, 2.24) is 20.4 Å². The summed E-state index contributed by atoms with van der Waals surface area (Å²) in [6, 6.07) is 9.23. The van der Waals surface area contributed by atoms with Crippen LogP contribution in [0.5, 0.6) is 11.5 Å². The van der Waals surface area contributed by atoms with Gasteiger partial charge in [-0.25, -0.2) is 0 Å². The van der Waals surface area contributed by atoms with Crippen LogP contribution in [0, 0.1) is 0 Å². The summed E-state index contributed by atoms with van der Waals surface area (Å²) in [5.41, 5.74) is 1.69. The van der Waals surface area contributed by atoms with E-state index in [4.69, 9.17) is 14.0 Å². The lowest BCUT2D eigenvalue weighted by molar-refractivity contribution is -0.121. The first-order valence-corrected chi connectivity index (χ1v) is 8.99. The first-order chi connectivity index (χ1) is 13.7. The van der Waals surface area contributed by atoms with E-state index in [1.807, 2.05) is 31.2 Å². The van der Waals surface area contributed by atoms with Gasteiger partial charge >= 0.3 is 0 Å². The van der Waals surface area contributed by atoms with Gasteiger partial charge in [0.05, 0.1) is 13.7 Å².